The van der Waals surface area contributed by atoms with Crippen LogP contribution in [0.2, 0.25) is 0 Å². The third-order valence-electron chi connectivity index (χ3n) is 5.26. The van der Waals surface area contributed by atoms with Crippen LogP contribution in [0.25, 0.3) is 0 Å². The maximum atomic E-state index is 13.1. The van der Waals surface area contributed by atoms with Gasteiger partial charge in [0.25, 0.3) is 11.8 Å². The molecule has 4 rings (SSSR count). The molecule has 3 aliphatic rings. The van der Waals surface area contributed by atoms with E-state index in [1.165, 1.54) is 0 Å². The van der Waals surface area contributed by atoms with Gasteiger partial charge in [-0.15, -0.1) is 12.4 Å². The second kappa shape index (κ2) is 7.28. The highest BCUT2D eigenvalue weighted by molar-refractivity contribution is 6.25. The van der Waals surface area contributed by atoms with Crippen molar-refractivity contribution in [2.45, 2.75) is 31.8 Å². The molecule has 3 aliphatic heterocycles. The largest absolute Gasteiger partial charge is 0.366 e. The molecule has 144 valence electrons. The number of rotatable bonds is 2. The predicted octanol–water partition coefficient (Wildman–Crippen LogP) is 0.308. The number of piperazine rings is 1. The number of benzene rings is 1. The molecule has 3 heterocycles. The van der Waals surface area contributed by atoms with E-state index in [9.17, 15) is 19.2 Å². The molecule has 2 fully saturated rings. The van der Waals surface area contributed by atoms with Crippen molar-refractivity contribution in [3.63, 3.8) is 0 Å². The summed E-state index contributed by atoms with van der Waals surface area (Å²) >= 11 is 0. The van der Waals surface area contributed by atoms with Crippen molar-refractivity contribution in [3.05, 3.63) is 29.3 Å². The van der Waals surface area contributed by atoms with Crippen LogP contribution in [0.1, 0.15) is 40.5 Å². The number of nitrogens with one attached hydrogen (secondary N) is 2. The highest BCUT2D eigenvalue weighted by atomic mass is 35.5. The molecule has 0 radical (unpaired) electrons. The summed E-state index contributed by atoms with van der Waals surface area (Å²) in [6, 6.07) is 4.48. The number of imide groups is 2. The number of halogens is 1. The van der Waals surface area contributed by atoms with E-state index in [1.807, 2.05) is 6.07 Å². The van der Waals surface area contributed by atoms with Crippen LogP contribution in [-0.4, -0.2) is 60.2 Å². The van der Waals surface area contributed by atoms with Crippen molar-refractivity contribution < 1.29 is 19.2 Å². The van der Waals surface area contributed by atoms with Gasteiger partial charge in [0.2, 0.25) is 11.8 Å². The van der Waals surface area contributed by atoms with Gasteiger partial charge in [-0.2, -0.15) is 0 Å². The molecule has 27 heavy (non-hydrogen) atoms. The highest BCUT2D eigenvalue weighted by Crippen LogP contribution is 2.35. The first-order valence-electron chi connectivity index (χ1n) is 8.81. The standard InChI is InChI=1S/C18H20N4O4.ClH/c1-10-9-19-7-8-21(10)12-4-2-3-11-15(12)18(26)22(17(11)25)13-5-6-14(23)20-16(13)24;/h2-4,10,13,19H,5-9H2,1H3,(H,20,23,24);1H/t10-,13?;/m0./s1. The van der Waals surface area contributed by atoms with Gasteiger partial charge in [0.05, 0.1) is 16.8 Å². The molecular formula is C18H21ClN4O4. The zero-order chi connectivity index (χ0) is 18.4. The van der Waals surface area contributed by atoms with Crippen LogP contribution in [0.4, 0.5) is 5.69 Å². The number of amides is 4. The summed E-state index contributed by atoms with van der Waals surface area (Å²) in [5, 5.41) is 5.52. The lowest BCUT2D eigenvalue weighted by atomic mass is 10.0. The molecule has 4 amide bonds. The van der Waals surface area contributed by atoms with Gasteiger partial charge in [0, 0.05) is 32.1 Å². The Bertz CT molecular complexity index is 828. The summed E-state index contributed by atoms with van der Waals surface area (Å²) in [6.45, 7) is 4.39. The van der Waals surface area contributed by atoms with E-state index in [1.54, 1.807) is 12.1 Å². The van der Waals surface area contributed by atoms with Gasteiger partial charge in [-0.3, -0.25) is 29.4 Å². The maximum absolute atomic E-state index is 13.1. The van der Waals surface area contributed by atoms with Crippen LogP contribution in [0.15, 0.2) is 18.2 Å². The quantitative estimate of drug-likeness (QED) is 0.703. The fourth-order valence-corrected chi connectivity index (χ4v) is 3.94. The lowest BCUT2D eigenvalue weighted by Gasteiger charge is -2.36. The Morgan fingerprint density at radius 3 is 2.59 bits per heavy atom. The first-order valence-corrected chi connectivity index (χ1v) is 8.81. The summed E-state index contributed by atoms with van der Waals surface area (Å²) < 4.78 is 0. The van der Waals surface area contributed by atoms with E-state index in [0.717, 1.165) is 30.2 Å². The zero-order valence-corrected chi connectivity index (χ0v) is 15.7. The van der Waals surface area contributed by atoms with Crippen molar-refractivity contribution in [3.8, 4) is 0 Å². The Hall–Kier alpha value is -2.45. The Kier molecular flexibility index (Phi) is 5.21. The third kappa shape index (κ3) is 3.08. The molecule has 2 saturated heterocycles. The molecule has 0 bridgehead atoms. The predicted molar refractivity (Wildman–Crippen MR) is 100 cm³/mol. The van der Waals surface area contributed by atoms with E-state index >= 15 is 0 Å². The molecule has 0 saturated carbocycles. The van der Waals surface area contributed by atoms with Crippen LogP contribution in [0.5, 0.6) is 0 Å². The van der Waals surface area contributed by atoms with Crippen LogP contribution in [0, 0.1) is 0 Å². The van der Waals surface area contributed by atoms with Gasteiger partial charge >= 0.3 is 0 Å². The van der Waals surface area contributed by atoms with Gasteiger partial charge in [0.1, 0.15) is 6.04 Å². The van der Waals surface area contributed by atoms with Crippen molar-refractivity contribution >= 4 is 41.7 Å². The van der Waals surface area contributed by atoms with Crippen molar-refractivity contribution in [1.29, 1.82) is 0 Å². The van der Waals surface area contributed by atoms with Crippen LogP contribution in [0.3, 0.4) is 0 Å². The molecule has 1 aromatic carbocycles. The van der Waals surface area contributed by atoms with E-state index in [2.05, 4.69) is 22.5 Å². The van der Waals surface area contributed by atoms with Crippen LogP contribution >= 0.6 is 12.4 Å². The normalized spacial score (nSPS) is 25.2. The van der Waals surface area contributed by atoms with Crippen molar-refractivity contribution in [2.75, 3.05) is 24.5 Å². The van der Waals surface area contributed by atoms with Gasteiger partial charge in [-0.25, -0.2) is 0 Å². The van der Waals surface area contributed by atoms with E-state index < -0.39 is 23.8 Å². The van der Waals surface area contributed by atoms with E-state index in [4.69, 9.17) is 0 Å². The van der Waals surface area contributed by atoms with Crippen molar-refractivity contribution in [1.82, 2.24) is 15.5 Å². The summed E-state index contributed by atoms with van der Waals surface area (Å²) in [5.41, 5.74) is 1.41. The molecule has 2 N–H and O–H groups in total. The summed E-state index contributed by atoms with van der Waals surface area (Å²) in [5.74, 6) is -1.89. The van der Waals surface area contributed by atoms with E-state index in [0.29, 0.717) is 11.1 Å². The molecule has 0 aromatic heterocycles. The second-order valence-electron chi connectivity index (χ2n) is 6.89. The average molecular weight is 393 g/mol. The highest BCUT2D eigenvalue weighted by Gasteiger charge is 2.46. The molecular weight excluding hydrogens is 372 g/mol. The number of anilines is 1. The minimum atomic E-state index is -0.937. The molecule has 1 unspecified atom stereocenters. The maximum Gasteiger partial charge on any atom is 0.264 e. The minimum Gasteiger partial charge on any atom is -0.366 e. The smallest absolute Gasteiger partial charge is 0.264 e. The number of nitrogens with zero attached hydrogens (tertiary/aromatic N) is 2. The fraction of sp³-hybridized carbons (Fsp3) is 0.444. The van der Waals surface area contributed by atoms with Gasteiger partial charge in [0.15, 0.2) is 0 Å². The Labute approximate surface area is 162 Å². The zero-order valence-electron chi connectivity index (χ0n) is 14.9. The Balaban J connectivity index is 0.00000210. The molecule has 2 atom stereocenters. The average Bonchev–Trinajstić information content (AvgIpc) is 2.87. The summed E-state index contributed by atoms with van der Waals surface area (Å²) in [6.07, 6.45) is 0.279. The number of carbonyl (C=O) groups is 4. The SMILES string of the molecule is C[C@H]1CNCCN1c1cccc2c1C(=O)N(C1CCC(=O)NC1=O)C2=O.Cl. The number of hydrogen-bond acceptors (Lipinski definition) is 6. The first kappa shape index (κ1) is 19.3. The number of fused-ring (bicyclic) bond motifs is 1. The molecule has 1 aromatic rings. The summed E-state index contributed by atoms with van der Waals surface area (Å²) in [4.78, 5) is 52.7. The molecule has 0 aliphatic carbocycles. The van der Waals surface area contributed by atoms with Crippen molar-refractivity contribution in [2.24, 2.45) is 0 Å². The minimum absolute atomic E-state index is 0. The topological polar surface area (TPSA) is 98.8 Å². The van der Waals surface area contributed by atoms with Crippen LogP contribution < -0.4 is 15.5 Å². The van der Waals surface area contributed by atoms with Crippen LogP contribution in [-0.2, 0) is 9.59 Å². The van der Waals surface area contributed by atoms with Gasteiger partial charge < -0.3 is 10.2 Å². The first-order chi connectivity index (χ1) is 12.5. The van der Waals surface area contributed by atoms with Gasteiger partial charge in [-0.1, -0.05) is 6.07 Å². The number of carbonyl (C=O) groups excluding carboxylic acids is 4. The number of hydrogen-bond donors (Lipinski definition) is 2. The molecule has 9 heteroatoms. The number of piperidine rings is 1. The van der Waals surface area contributed by atoms with E-state index in [-0.39, 0.29) is 37.2 Å². The Morgan fingerprint density at radius 2 is 1.89 bits per heavy atom. The Morgan fingerprint density at radius 1 is 1.11 bits per heavy atom. The molecule has 0 spiro atoms. The lowest BCUT2D eigenvalue weighted by Crippen LogP contribution is -2.54. The van der Waals surface area contributed by atoms with Gasteiger partial charge in [-0.05, 0) is 25.5 Å². The lowest BCUT2D eigenvalue weighted by molar-refractivity contribution is -0.136. The second-order valence-corrected chi connectivity index (χ2v) is 6.89. The monoisotopic (exact) mass is 392 g/mol. The summed E-state index contributed by atoms with van der Waals surface area (Å²) in [7, 11) is 0. The third-order valence-corrected chi connectivity index (χ3v) is 5.26. The molecule has 8 nitrogen and oxygen atoms in total. The fourth-order valence-electron chi connectivity index (χ4n) is 3.94.